The summed E-state index contributed by atoms with van der Waals surface area (Å²) in [5.74, 6) is -0.324. The van der Waals surface area contributed by atoms with Gasteiger partial charge in [0.15, 0.2) is 0 Å². The van der Waals surface area contributed by atoms with E-state index in [1.807, 2.05) is 64.1 Å². The molecule has 0 heterocycles. The van der Waals surface area contributed by atoms with Crippen molar-refractivity contribution in [2.45, 2.75) is 66.0 Å². The molecule has 192 valence electrons. The molecule has 0 aliphatic carbocycles. The van der Waals surface area contributed by atoms with Crippen molar-refractivity contribution >= 4 is 27.5 Å². The Balaban J connectivity index is 2.20. The normalized spacial score (nSPS) is 12.1. The van der Waals surface area contributed by atoms with Crippen molar-refractivity contribution in [3.63, 3.8) is 0 Å². The summed E-state index contributed by atoms with van der Waals surface area (Å²) in [4.78, 5) is 27.9. The third kappa shape index (κ3) is 8.38. The van der Waals surface area contributed by atoms with Crippen molar-refractivity contribution < 1.29 is 18.0 Å². The van der Waals surface area contributed by atoms with E-state index in [0.29, 0.717) is 31.6 Å². The summed E-state index contributed by atoms with van der Waals surface area (Å²) in [6.07, 6.45) is 2.97. The number of carbonyl (C=O) groups is 2. The molecule has 0 saturated carbocycles. The Kier molecular flexibility index (Phi) is 10.8. The SMILES string of the molecule is CCCNC(=O)[C@@H](CC)N(Cc1ccc(C)cc1)C(=O)CCCN(c1ccccc1C)S(C)(=O)=O. The second-order valence-electron chi connectivity index (χ2n) is 8.95. The van der Waals surface area contributed by atoms with Gasteiger partial charge in [-0.05, 0) is 50.3 Å². The van der Waals surface area contributed by atoms with Crippen LogP contribution in [0.5, 0.6) is 0 Å². The highest BCUT2D eigenvalue weighted by atomic mass is 32.2. The molecule has 7 nitrogen and oxygen atoms in total. The van der Waals surface area contributed by atoms with Crippen LogP contribution in [0.3, 0.4) is 0 Å². The standard InChI is InChI=1S/C27H39N3O4S/c1-6-18-28-27(32)24(7-2)29(20-23-16-14-21(3)15-17-23)26(31)13-10-19-30(35(5,33)34)25-12-9-8-11-22(25)4/h8-9,11-12,14-17,24H,6-7,10,13,18-20H2,1-5H3,(H,28,32)/t24-/m1/s1. The number of aryl methyl sites for hydroxylation is 2. The fraction of sp³-hybridized carbons (Fsp3) is 0.481. The second kappa shape index (κ2) is 13.3. The minimum atomic E-state index is -3.51. The summed E-state index contributed by atoms with van der Waals surface area (Å²) in [5, 5.41) is 2.92. The Morgan fingerprint density at radius 1 is 1.00 bits per heavy atom. The van der Waals surface area contributed by atoms with Crippen LogP contribution >= 0.6 is 0 Å². The van der Waals surface area contributed by atoms with E-state index >= 15 is 0 Å². The number of amides is 2. The molecule has 2 aromatic rings. The molecule has 0 spiro atoms. The minimum absolute atomic E-state index is 0.140. The predicted octanol–water partition coefficient (Wildman–Crippen LogP) is 4.18. The molecule has 0 bridgehead atoms. The first-order valence-electron chi connectivity index (χ1n) is 12.2. The van der Waals surface area contributed by atoms with Crippen LogP contribution in [0.25, 0.3) is 0 Å². The molecule has 0 aromatic heterocycles. The molecule has 0 radical (unpaired) electrons. The van der Waals surface area contributed by atoms with Gasteiger partial charge in [-0.25, -0.2) is 8.42 Å². The number of anilines is 1. The van der Waals surface area contributed by atoms with Crippen molar-refractivity contribution in [2.24, 2.45) is 0 Å². The molecule has 0 saturated heterocycles. The Morgan fingerprint density at radius 3 is 2.23 bits per heavy atom. The number of nitrogens with zero attached hydrogens (tertiary/aromatic N) is 2. The molecule has 1 N–H and O–H groups in total. The van der Waals surface area contributed by atoms with Gasteiger partial charge in [0.1, 0.15) is 6.04 Å². The number of nitrogens with one attached hydrogen (secondary N) is 1. The number of carbonyl (C=O) groups excluding carboxylic acids is 2. The van der Waals surface area contributed by atoms with Crippen LogP contribution in [-0.4, -0.2) is 50.5 Å². The van der Waals surface area contributed by atoms with E-state index in [4.69, 9.17) is 0 Å². The molecule has 2 rings (SSSR count). The third-order valence-corrected chi connectivity index (χ3v) is 7.12. The largest absolute Gasteiger partial charge is 0.354 e. The van der Waals surface area contributed by atoms with Gasteiger partial charge in [-0.1, -0.05) is 61.9 Å². The van der Waals surface area contributed by atoms with Gasteiger partial charge in [-0.3, -0.25) is 13.9 Å². The molecule has 1 atom stereocenters. The Bertz CT molecular complexity index is 1080. The van der Waals surface area contributed by atoms with E-state index in [1.165, 1.54) is 10.6 Å². The smallest absolute Gasteiger partial charge is 0.242 e. The van der Waals surface area contributed by atoms with Crippen LogP contribution in [0.2, 0.25) is 0 Å². The van der Waals surface area contributed by atoms with Crippen LogP contribution < -0.4 is 9.62 Å². The fourth-order valence-electron chi connectivity index (χ4n) is 4.00. The first-order chi connectivity index (χ1) is 16.6. The highest BCUT2D eigenvalue weighted by molar-refractivity contribution is 7.92. The van der Waals surface area contributed by atoms with Gasteiger partial charge in [-0.2, -0.15) is 0 Å². The molecule has 0 aliphatic rings. The number of hydrogen-bond donors (Lipinski definition) is 1. The van der Waals surface area contributed by atoms with Crippen molar-refractivity contribution in [2.75, 3.05) is 23.7 Å². The lowest BCUT2D eigenvalue weighted by atomic mass is 10.1. The third-order valence-electron chi connectivity index (χ3n) is 5.94. The number of hydrogen-bond acceptors (Lipinski definition) is 4. The van der Waals surface area contributed by atoms with E-state index in [2.05, 4.69) is 5.32 Å². The average Bonchev–Trinajstić information content (AvgIpc) is 2.81. The van der Waals surface area contributed by atoms with Crippen LogP contribution in [0.1, 0.15) is 56.2 Å². The van der Waals surface area contributed by atoms with Gasteiger partial charge in [0.25, 0.3) is 0 Å². The van der Waals surface area contributed by atoms with E-state index < -0.39 is 16.1 Å². The van der Waals surface area contributed by atoms with Gasteiger partial charge in [0.05, 0.1) is 11.9 Å². The average molecular weight is 502 g/mol. The van der Waals surface area contributed by atoms with Gasteiger partial charge >= 0.3 is 0 Å². The first kappa shape index (κ1) is 28.4. The van der Waals surface area contributed by atoms with Gasteiger partial charge in [0.2, 0.25) is 21.8 Å². The predicted molar refractivity (Wildman–Crippen MR) is 142 cm³/mol. The van der Waals surface area contributed by atoms with Crippen LogP contribution in [0, 0.1) is 13.8 Å². The second-order valence-corrected chi connectivity index (χ2v) is 10.9. The quantitative estimate of drug-likeness (QED) is 0.446. The molecule has 0 unspecified atom stereocenters. The van der Waals surface area contributed by atoms with Crippen molar-refractivity contribution in [3.8, 4) is 0 Å². The monoisotopic (exact) mass is 501 g/mol. The van der Waals surface area contributed by atoms with E-state index in [1.54, 1.807) is 17.0 Å². The highest BCUT2D eigenvalue weighted by Gasteiger charge is 2.28. The summed E-state index contributed by atoms with van der Waals surface area (Å²) in [6.45, 7) is 8.82. The minimum Gasteiger partial charge on any atom is -0.354 e. The molecule has 0 aliphatic heterocycles. The number of para-hydroxylation sites is 1. The zero-order valence-electron chi connectivity index (χ0n) is 21.6. The van der Waals surface area contributed by atoms with Crippen molar-refractivity contribution in [3.05, 3.63) is 65.2 Å². The van der Waals surface area contributed by atoms with E-state index in [-0.39, 0.29) is 24.8 Å². The van der Waals surface area contributed by atoms with Crippen molar-refractivity contribution in [1.82, 2.24) is 10.2 Å². The summed E-state index contributed by atoms with van der Waals surface area (Å²) in [6, 6.07) is 14.6. The molecule has 0 fully saturated rings. The lowest BCUT2D eigenvalue weighted by Crippen LogP contribution is -2.49. The maximum atomic E-state index is 13.4. The first-order valence-corrected chi connectivity index (χ1v) is 14.1. The molecule has 8 heteroatoms. The van der Waals surface area contributed by atoms with Gasteiger partial charge < -0.3 is 10.2 Å². The van der Waals surface area contributed by atoms with Crippen LogP contribution in [-0.2, 0) is 26.2 Å². The molecule has 2 amide bonds. The summed E-state index contributed by atoms with van der Waals surface area (Å²) < 4.78 is 26.3. The van der Waals surface area contributed by atoms with Gasteiger partial charge in [-0.15, -0.1) is 0 Å². The topological polar surface area (TPSA) is 86.8 Å². The maximum absolute atomic E-state index is 13.4. The molecular weight excluding hydrogens is 462 g/mol. The van der Waals surface area contributed by atoms with Crippen LogP contribution in [0.15, 0.2) is 48.5 Å². The number of rotatable bonds is 13. The fourth-order valence-corrected chi connectivity index (χ4v) is 5.02. The molecule has 2 aromatic carbocycles. The van der Waals surface area contributed by atoms with Crippen LogP contribution in [0.4, 0.5) is 5.69 Å². The number of benzene rings is 2. The molecule has 35 heavy (non-hydrogen) atoms. The highest BCUT2D eigenvalue weighted by Crippen LogP contribution is 2.23. The van der Waals surface area contributed by atoms with Crippen molar-refractivity contribution in [1.29, 1.82) is 0 Å². The Hall–Kier alpha value is -2.87. The zero-order chi connectivity index (χ0) is 26.0. The molecular formula is C27H39N3O4S. The summed E-state index contributed by atoms with van der Waals surface area (Å²) in [7, 11) is -3.51. The lowest BCUT2D eigenvalue weighted by molar-refractivity contribution is -0.141. The van der Waals surface area contributed by atoms with Gasteiger partial charge in [0, 0.05) is 26.1 Å². The zero-order valence-corrected chi connectivity index (χ0v) is 22.4. The lowest BCUT2D eigenvalue weighted by Gasteiger charge is -2.31. The Labute approximate surface area is 210 Å². The van der Waals surface area contributed by atoms with E-state index in [0.717, 1.165) is 23.1 Å². The maximum Gasteiger partial charge on any atom is 0.242 e. The Morgan fingerprint density at radius 2 is 1.66 bits per heavy atom. The van der Waals surface area contributed by atoms with E-state index in [9.17, 15) is 18.0 Å². The number of sulfonamides is 1. The summed E-state index contributed by atoms with van der Waals surface area (Å²) >= 11 is 0. The summed E-state index contributed by atoms with van der Waals surface area (Å²) in [5.41, 5.74) is 3.54.